The molecule has 0 saturated carbocycles. The Kier molecular flexibility index (Phi) is 14.3. The van der Waals surface area contributed by atoms with E-state index in [0.29, 0.717) is 13.1 Å². The second kappa shape index (κ2) is 17.3. The molecule has 0 radical (unpaired) electrons. The van der Waals surface area contributed by atoms with Crippen LogP contribution in [0.4, 0.5) is 0 Å². The van der Waals surface area contributed by atoms with Gasteiger partial charge in [0.15, 0.2) is 0 Å². The Labute approximate surface area is 233 Å². The molecule has 0 heterocycles. The molecule has 4 nitrogen and oxygen atoms in total. The van der Waals surface area contributed by atoms with Gasteiger partial charge in [-0.25, -0.2) is 0 Å². The van der Waals surface area contributed by atoms with E-state index in [4.69, 9.17) is 0 Å². The van der Waals surface area contributed by atoms with Gasteiger partial charge in [0.05, 0.1) is 0 Å². The Morgan fingerprint density at radius 3 is 1.23 bits per heavy atom. The van der Waals surface area contributed by atoms with Crippen LogP contribution in [0.3, 0.4) is 0 Å². The molecule has 0 aliphatic heterocycles. The van der Waals surface area contributed by atoms with E-state index in [2.05, 4.69) is 9.98 Å². The van der Waals surface area contributed by atoms with Crippen molar-refractivity contribution in [2.24, 2.45) is 9.98 Å². The molecular formula is C28H24N2O2Se2Zn. The van der Waals surface area contributed by atoms with Crippen molar-refractivity contribution >= 4 is 51.9 Å². The summed E-state index contributed by atoms with van der Waals surface area (Å²) in [7, 11) is 0. The zero-order valence-electron chi connectivity index (χ0n) is 19.2. The maximum Gasteiger partial charge on any atom is 2.00 e. The van der Waals surface area contributed by atoms with E-state index in [1.54, 1.807) is 12.4 Å². The first kappa shape index (κ1) is 29.0. The van der Waals surface area contributed by atoms with Crippen molar-refractivity contribution < 1.29 is 27.9 Å². The van der Waals surface area contributed by atoms with Gasteiger partial charge in [-0.05, 0) is 0 Å². The second-order valence-corrected chi connectivity index (χ2v) is 9.70. The summed E-state index contributed by atoms with van der Waals surface area (Å²) in [5.41, 5.74) is 4.24. The van der Waals surface area contributed by atoms with Crippen LogP contribution in [0.5, 0.6) is 0 Å². The third kappa shape index (κ3) is 10.5. The van der Waals surface area contributed by atoms with E-state index >= 15 is 0 Å². The molecule has 0 aromatic heterocycles. The fourth-order valence-electron chi connectivity index (χ4n) is 2.99. The van der Waals surface area contributed by atoms with E-state index in [9.17, 15) is 8.38 Å². The third-order valence-electron chi connectivity index (χ3n) is 4.71. The minimum absolute atomic E-state index is 0. The van der Waals surface area contributed by atoms with Crippen molar-refractivity contribution in [1.29, 1.82) is 0 Å². The van der Waals surface area contributed by atoms with Gasteiger partial charge in [-0.15, -0.1) is 0 Å². The summed E-state index contributed by atoms with van der Waals surface area (Å²) >= 11 is -1.45. The fraction of sp³-hybridized carbons (Fsp3) is 0.0714. The molecule has 172 valence electrons. The summed E-state index contributed by atoms with van der Waals surface area (Å²) in [6.45, 7) is 1.31. The Morgan fingerprint density at radius 2 is 0.857 bits per heavy atom. The van der Waals surface area contributed by atoms with Gasteiger partial charge in [0.25, 0.3) is 0 Å². The van der Waals surface area contributed by atoms with E-state index in [0.717, 1.165) is 20.1 Å². The minimum Gasteiger partial charge on any atom is 2.00 e. The van der Waals surface area contributed by atoms with Crippen molar-refractivity contribution in [1.82, 2.24) is 0 Å². The van der Waals surface area contributed by atoms with Crippen LogP contribution in [0.1, 0.15) is 22.3 Å². The van der Waals surface area contributed by atoms with Gasteiger partial charge in [0, 0.05) is 0 Å². The Morgan fingerprint density at radius 1 is 0.514 bits per heavy atom. The summed E-state index contributed by atoms with van der Waals surface area (Å²) in [4.78, 5) is 8.73. The molecule has 4 aromatic carbocycles. The van der Waals surface area contributed by atoms with Gasteiger partial charge in [-0.2, -0.15) is 0 Å². The number of hydrogen-bond acceptors (Lipinski definition) is 4. The topological polar surface area (TPSA) is 70.8 Å². The summed E-state index contributed by atoms with van der Waals surface area (Å²) in [6.07, 6.45) is 3.59. The SMILES string of the molecule is [O-][Se]c1ccccc1C=NCc1ccccc1.[O-][Se]c1ccccc1C=NCc1ccccc1.[Zn+2]. The molecule has 35 heavy (non-hydrogen) atoms. The molecule has 0 saturated heterocycles. The van der Waals surface area contributed by atoms with Crippen LogP contribution in [0, 0.1) is 0 Å². The van der Waals surface area contributed by atoms with Crippen molar-refractivity contribution in [3.8, 4) is 0 Å². The Balaban J connectivity index is 0.000000240. The maximum atomic E-state index is 11.0. The number of benzene rings is 4. The second-order valence-electron chi connectivity index (χ2n) is 7.15. The first-order valence-electron chi connectivity index (χ1n) is 10.7. The molecule has 0 amide bonds. The minimum atomic E-state index is -0.727. The summed E-state index contributed by atoms with van der Waals surface area (Å²) in [6, 6.07) is 35.4. The van der Waals surface area contributed by atoms with Gasteiger partial charge < -0.3 is 0 Å². The monoisotopic (exact) mass is 644 g/mol. The zero-order valence-corrected chi connectivity index (χ0v) is 25.6. The fourth-order valence-corrected chi connectivity index (χ4v) is 4.47. The molecule has 0 aliphatic carbocycles. The number of aliphatic imine (C=N–C) groups is 2. The van der Waals surface area contributed by atoms with Crippen LogP contribution in [-0.4, -0.2) is 43.0 Å². The number of rotatable bonds is 8. The van der Waals surface area contributed by atoms with Gasteiger partial charge in [0.2, 0.25) is 0 Å². The van der Waals surface area contributed by atoms with Crippen molar-refractivity contribution in [2.75, 3.05) is 0 Å². The first-order chi connectivity index (χ1) is 16.8. The molecule has 0 atom stereocenters. The zero-order chi connectivity index (χ0) is 23.8. The largest absolute Gasteiger partial charge is 2.00 e. The van der Waals surface area contributed by atoms with Gasteiger partial charge in [-0.3, -0.25) is 0 Å². The Hall–Kier alpha value is -2.20. The van der Waals surface area contributed by atoms with Crippen molar-refractivity contribution in [3.05, 3.63) is 131 Å². The van der Waals surface area contributed by atoms with E-state index < -0.39 is 30.6 Å². The average Bonchev–Trinajstić information content (AvgIpc) is 2.91. The van der Waals surface area contributed by atoms with Gasteiger partial charge in [0.1, 0.15) is 0 Å². The summed E-state index contributed by atoms with van der Waals surface area (Å²) in [5.74, 6) is 0. The Bertz CT molecular complexity index is 1090. The van der Waals surface area contributed by atoms with Gasteiger partial charge >= 0.3 is 234 Å². The summed E-state index contributed by atoms with van der Waals surface area (Å²) < 4.78 is 23.7. The molecular weight excluding hydrogens is 620 g/mol. The molecule has 4 aromatic rings. The summed E-state index contributed by atoms with van der Waals surface area (Å²) in [5, 5.41) is 0. The molecule has 0 aliphatic rings. The van der Waals surface area contributed by atoms with E-state index in [1.807, 2.05) is 109 Å². The number of hydrogen-bond donors (Lipinski definition) is 0. The number of nitrogens with zero attached hydrogens (tertiary/aromatic N) is 2. The molecule has 0 N–H and O–H groups in total. The van der Waals surface area contributed by atoms with E-state index in [-0.39, 0.29) is 19.5 Å². The van der Waals surface area contributed by atoms with Crippen LogP contribution < -0.4 is 17.3 Å². The van der Waals surface area contributed by atoms with Crippen molar-refractivity contribution in [3.63, 3.8) is 0 Å². The molecule has 7 heteroatoms. The van der Waals surface area contributed by atoms with Crippen LogP contribution in [0.25, 0.3) is 0 Å². The standard InChI is InChI=1S/2C14H13NOSe.Zn/c2*16-17-14-9-5-4-8-13(14)11-15-10-12-6-2-1-3-7-12;/h2*1-9,11,16H,10H2;/q;;+2/p-2. The molecule has 0 unspecified atom stereocenters. The quantitative estimate of drug-likeness (QED) is 0.217. The predicted octanol–water partition coefficient (Wildman–Crippen LogP) is 1.82. The normalized spacial score (nSPS) is 10.6. The van der Waals surface area contributed by atoms with Gasteiger partial charge in [-0.1, -0.05) is 0 Å². The first-order valence-corrected chi connectivity index (χ1v) is 13.8. The van der Waals surface area contributed by atoms with E-state index in [1.165, 1.54) is 11.1 Å². The maximum absolute atomic E-state index is 11.0. The predicted molar refractivity (Wildman–Crippen MR) is 139 cm³/mol. The smallest absolute Gasteiger partial charge is 2.00 e. The van der Waals surface area contributed by atoms with Crippen LogP contribution in [-0.2, 0) is 32.6 Å². The third-order valence-corrected chi connectivity index (χ3v) is 7.03. The molecule has 0 fully saturated rings. The van der Waals surface area contributed by atoms with Crippen LogP contribution in [0.2, 0.25) is 0 Å². The molecule has 0 spiro atoms. The van der Waals surface area contributed by atoms with Crippen molar-refractivity contribution in [2.45, 2.75) is 13.1 Å². The molecule has 0 bridgehead atoms. The average molecular weight is 644 g/mol. The molecule has 4 rings (SSSR count). The van der Waals surface area contributed by atoms with Crippen LogP contribution in [0.15, 0.2) is 119 Å². The van der Waals surface area contributed by atoms with Crippen LogP contribution >= 0.6 is 0 Å².